The van der Waals surface area contributed by atoms with E-state index in [1.807, 2.05) is 6.08 Å². The van der Waals surface area contributed by atoms with E-state index in [-0.39, 0.29) is 0 Å². The van der Waals surface area contributed by atoms with Crippen LogP contribution in [0.25, 0.3) is 0 Å². The standard InChI is InChI=1S/C29H44O/c1-3-5-7-9-24-10-14-26(15-11-24)28-18-20-29(21-19-28)27-16-12-25(13-17-27)23-30-22-8-6-4-2/h4,7,9,12-13,16-17,24,26,28-29H,2-3,5-6,8,10-11,14-15,18-23H2,1H3/b9-7+/t24-,26-,28?,29?. The molecule has 0 bridgehead atoms. The molecule has 2 aliphatic carbocycles. The highest BCUT2D eigenvalue weighted by Gasteiger charge is 2.30. The lowest BCUT2D eigenvalue weighted by atomic mass is 9.68. The Morgan fingerprint density at radius 1 is 0.900 bits per heavy atom. The van der Waals surface area contributed by atoms with Gasteiger partial charge in [0, 0.05) is 6.61 Å². The molecule has 0 aromatic heterocycles. The Hall–Kier alpha value is -1.34. The molecule has 0 radical (unpaired) electrons. The molecular formula is C29H44O. The second kappa shape index (κ2) is 13.2. The van der Waals surface area contributed by atoms with Crippen LogP contribution < -0.4 is 0 Å². The summed E-state index contributed by atoms with van der Waals surface area (Å²) in [5.41, 5.74) is 2.85. The highest BCUT2D eigenvalue weighted by Crippen LogP contribution is 2.44. The molecule has 0 unspecified atom stereocenters. The maximum atomic E-state index is 5.77. The zero-order valence-electron chi connectivity index (χ0n) is 19.4. The highest BCUT2D eigenvalue weighted by molar-refractivity contribution is 5.25. The van der Waals surface area contributed by atoms with Crippen molar-refractivity contribution >= 4 is 0 Å². The third kappa shape index (κ3) is 7.41. The highest BCUT2D eigenvalue weighted by atomic mass is 16.5. The minimum absolute atomic E-state index is 0.737. The summed E-state index contributed by atoms with van der Waals surface area (Å²) in [7, 11) is 0. The van der Waals surface area contributed by atoms with E-state index in [1.54, 1.807) is 5.56 Å². The molecule has 0 aliphatic heterocycles. The van der Waals surface area contributed by atoms with Crippen molar-refractivity contribution < 1.29 is 4.74 Å². The second-order valence-electron chi connectivity index (χ2n) is 9.73. The maximum absolute atomic E-state index is 5.77. The van der Waals surface area contributed by atoms with Gasteiger partial charge in [-0.25, -0.2) is 0 Å². The van der Waals surface area contributed by atoms with E-state index in [0.29, 0.717) is 0 Å². The van der Waals surface area contributed by atoms with E-state index >= 15 is 0 Å². The van der Waals surface area contributed by atoms with Gasteiger partial charge in [-0.15, -0.1) is 6.58 Å². The topological polar surface area (TPSA) is 9.23 Å². The fourth-order valence-corrected chi connectivity index (χ4v) is 5.59. The predicted octanol–water partition coefficient (Wildman–Crippen LogP) is 8.61. The molecule has 1 nitrogen and oxygen atoms in total. The van der Waals surface area contributed by atoms with Gasteiger partial charge in [0.2, 0.25) is 0 Å². The minimum atomic E-state index is 0.737. The van der Waals surface area contributed by atoms with Crippen molar-refractivity contribution in [2.24, 2.45) is 17.8 Å². The molecule has 0 N–H and O–H groups in total. The van der Waals surface area contributed by atoms with E-state index in [0.717, 1.165) is 49.7 Å². The van der Waals surface area contributed by atoms with Crippen molar-refractivity contribution in [1.82, 2.24) is 0 Å². The zero-order chi connectivity index (χ0) is 21.0. The zero-order valence-corrected chi connectivity index (χ0v) is 19.4. The van der Waals surface area contributed by atoms with Crippen LogP contribution in [0.2, 0.25) is 0 Å². The fraction of sp³-hybridized carbons (Fsp3) is 0.655. The van der Waals surface area contributed by atoms with Crippen LogP contribution in [-0.2, 0) is 11.3 Å². The van der Waals surface area contributed by atoms with Crippen LogP contribution in [0.3, 0.4) is 0 Å². The number of hydrogen-bond donors (Lipinski definition) is 0. The minimum Gasteiger partial charge on any atom is -0.377 e. The summed E-state index contributed by atoms with van der Waals surface area (Å²) < 4.78 is 5.77. The second-order valence-corrected chi connectivity index (χ2v) is 9.73. The molecule has 1 heteroatoms. The Balaban J connectivity index is 1.36. The van der Waals surface area contributed by atoms with Crippen LogP contribution in [0, 0.1) is 17.8 Å². The van der Waals surface area contributed by atoms with E-state index in [2.05, 4.69) is 49.9 Å². The third-order valence-corrected chi connectivity index (χ3v) is 7.54. The van der Waals surface area contributed by atoms with Gasteiger partial charge in [-0.1, -0.05) is 55.8 Å². The van der Waals surface area contributed by atoms with Gasteiger partial charge in [0.15, 0.2) is 0 Å². The number of unbranched alkanes of at least 4 members (excludes halogenated alkanes) is 2. The fourth-order valence-electron chi connectivity index (χ4n) is 5.59. The molecule has 0 heterocycles. The number of allylic oxidation sites excluding steroid dienone is 3. The average molecular weight is 409 g/mol. The summed E-state index contributed by atoms with van der Waals surface area (Å²) in [6, 6.07) is 9.28. The Morgan fingerprint density at radius 3 is 2.20 bits per heavy atom. The SMILES string of the molecule is C=CCCCOCc1ccc(C2CCC([C@H]3CC[C@H](/C=C/CCC)CC3)CC2)cc1. The summed E-state index contributed by atoms with van der Waals surface area (Å²) in [6.45, 7) is 7.59. The Kier molecular flexibility index (Phi) is 10.2. The van der Waals surface area contributed by atoms with Crippen LogP contribution in [0.4, 0.5) is 0 Å². The lowest BCUT2D eigenvalue weighted by molar-refractivity contribution is 0.119. The monoisotopic (exact) mass is 408 g/mol. The summed E-state index contributed by atoms with van der Waals surface area (Å²) >= 11 is 0. The smallest absolute Gasteiger partial charge is 0.0716 e. The summed E-state index contributed by atoms with van der Waals surface area (Å²) in [4.78, 5) is 0. The molecule has 0 atom stereocenters. The molecule has 30 heavy (non-hydrogen) atoms. The number of hydrogen-bond acceptors (Lipinski definition) is 1. The van der Waals surface area contributed by atoms with Crippen molar-refractivity contribution in [3.63, 3.8) is 0 Å². The molecule has 2 aliphatic rings. The van der Waals surface area contributed by atoms with Gasteiger partial charge in [0.1, 0.15) is 0 Å². The molecule has 0 saturated heterocycles. The summed E-state index contributed by atoms with van der Waals surface area (Å²) in [6.07, 6.45) is 23.0. The molecule has 2 fully saturated rings. The van der Waals surface area contributed by atoms with Crippen molar-refractivity contribution in [3.05, 3.63) is 60.2 Å². The first-order valence-electron chi connectivity index (χ1n) is 12.7. The molecule has 0 spiro atoms. The lowest BCUT2D eigenvalue weighted by Crippen LogP contribution is -2.25. The van der Waals surface area contributed by atoms with Crippen LogP contribution in [0.15, 0.2) is 49.1 Å². The van der Waals surface area contributed by atoms with E-state index in [4.69, 9.17) is 4.74 Å². The number of ether oxygens (including phenoxy) is 1. The first-order valence-corrected chi connectivity index (χ1v) is 12.7. The van der Waals surface area contributed by atoms with E-state index in [9.17, 15) is 0 Å². The van der Waals surface area contributed by atoms with Gasteiger partial charge in [-0.2, -0.15) is 0 Å². The van der Waals surface area contributed by atoms with E-state index < -0.39 is 0 Å². The summed E-state index contributed by atoms with van der Waals surface area (Å²) in [5, 5.41) is 0. The third-order valence-electron chi connectivity index (χ3n) is 7.54. The molecule has 1 aromatic carbocycles. The maximum Gasteiger partial charge on any atom is 0.0716 e. The van der Waals surface area contributed by atoms with Crippen LogP contribution in [-0.4, -0.2) is 6.61 Å². The largest absolute Gasteiger partial charge is 0.377 e. The normalized spacial score (nSPS) is 27.4. The van der Waals surface area contributed by atoms with Gasteiger partial charge in [-0.3, -0.25) is 0 Å². The van der Waals surface area contributed by atoms with Gasteiger partial charge < -0.3 is 4.74 Å². The molecule has 0 amide bonds. The van der Waals surface area contributed by atoms with Gasteiger partial charge in [0.05, 0.1) is 6.61 Å². The van der Waals surface area contributed by atoms with Crippen LogP contribution >= 0.6 is 0 Å². The van der Waals surface area contributed by atoms with Crippen molar-refractivity contribution in [1.29, 1.82) is 0 Å². The van der Waals surface area contributed by atoms with Gasteiger partial charge in [-0.05, 0) is 105 Å². The molecular weight excluding hydrogens is 364 g/mol. The van der Waals surface area contributed by atoms with Crippen LogP contribution in [0.5, 0.6) is 0 Å². The number of benzene rings is 1. The molecule has 2 saturated carbocycles. The average Bonchev–Trinajstić information content (AvgIpc) is 2.80. The van der Waals surface area contributed by atoms with Crippen molar-refractivity contribution in [3.8, 4) is 0 Å². The first-order chi connectivity index (χ1) is 14.8. The quantitative estimate of drug-likeness (QED) is 0.263. The first kappa shape index (κ1) is 23.3. The number of rotatable bonds is 11. The van der Waals surface area contributed by atoms with E-state index in [1.165, 1.54) is 69.8 Å². The molecule has 3 rings (SSSR count). The molecule has 1 aromatic rings. The Morgan fingerprint density at radius 2 is 1.57 bits per heavy atom. The molecule has 166 valence electrons. The van der Waals surface area contributed by atoms with Crippen molar-refractivity contribution in [2.45, 2.75) is 96.5 Å². The van der Waals surface area contributed by atoms with Crippen molar-refractivity contribution in [2.75, 3.05) is 6.61 Å². The summed E-state index contributed by atoms with van der Waals surface area (Å²) in [5.74, 6) is 3.64. The Bertz CT molecular complexity index is 612. The lowest BCUT2D eigenvalue weighted by Gasteiger charge is -2.37. The van der Waals surface area contributed by atoms with Gasteiger partial charge in [0.25, 0.3) is 0 Å². The van der Waals surface area contributed by atoms with Gasteiger partial charge >= 0.3 is 0 Å². The van der Waals surface area contributed by atoms with Crippen LogP contribution in [0.1, 0.15) is 101 Å². The Labute approximate surface area is 186 Å². The predicted molar refractivity (Wildman–Crippen MR) is 130 cm³/mol.